The van der Waals surface area contributed by atoms with Gasteiger partial charge in [0.05, 0.1) is 0 Å². The summed E-state index contributed by atoms with van der Waals surface area (Å²) in [5, 5.41) is 0. The van der Waals surface area contributed by atoms with Crippen LogP contribution in [0.5, 0.6) is 0 Å². The molecule has 2 aliphatic rings. The van der Waals surface area contributed by atoms with Crippen molar-refractivity contribution in [3.8, 4) is 0 Å². The highest BCUT2D eigenvalue weighted by Gasteiger charge is 2.13. The van der Waals surface area contributed by atoms with Crippen LogP contribution < -0.4 is 10.9 Å². The number of hydrazine groups is 1. The van der Waals surface area contributed by atoms with Crippen LogP contribution in [0.4, 0.5) is 0 Å². The normalized spacial score (nSPS) is 25.6. The fourth-order valence-corrected chi connectivity index (χ4v) is 4.14. The van der Waals surface area contributed by atoms with Crippen LogP contribution in [0, 0.1) is 0 Å². The Bertz CT molecular complexity index is 232. The Morgan fingerprint density at radius 1 is 0.318 bits per heavy atom. The van der Waals surface area contributed by atoms with Gasteiger partial charge in [0.1, 0.15) is 0 Å². The first-order valence-corrected chi connectivity index (χ1v) is 10.5. The molecular weight excluding hydrogens is 268 g/mol. The Balaban J connectivity index is 1.68. The quantitative estimate of drug-likeness (QED) is 0.637. The lowest BCUT2D eigenvalue weighted by Gasteiger charge is -2.24. The van der Waals surface area contributed by atoms with Crippen LogP contribution in [0.1, 0.15) is 116 Å². The molecule has 2 aliphatic carbocycles. The zero-order valence-electron chi connectivity index (χ0n) is 14.9. The molecular formula is C20H40N2. The summed E-state index contributed by atoms with van der Waals surface area (Å²) in [5.41, 5.74) is 7.48. The van der Waals surface area contributed by atoms with Gasteiger partial charge in [-0.2, -0.15) is 0 Å². The monoisotopic (exact) mass is 308 g/mol. The zero-order valence-corrected chi connectivity index (χ0v) is 14.9. The highest BCUT2D eigenvalue weighted by Crippen LogP contribution is 2.18. The van der Waals surface area contributed by atoms with Crippen LogP contribution in [0.3, 0.4) is 0 Å². The summed E-state index contributed by atoms with van der Waals surface area (Å²) in [6.45, 7) is 0. The molecule has 0 bridgehead atoms. The van der Waals surface area contributed by atoms with Crippen LogP contribution in [-0.4, -0.2) is 12.1 Å². The van der Waals surface area contributed by atoms with Crippen LogP contribution >= 0.6 is 0 Å². The van der Waals surface area contributed by atoms with E-state index in [0.717, 1.165) is 6.04 Å². The molecule has 0 heterocycles. The smallest absolute Gasteiger partial charge is 0.0213 e. The highest BCUT2D eigenvalue weighted by molar-refractivity contribution is 4.71. The minimum absolute atomic E-state index is 0.714. The van der Waals surface area contributed by atoms with Gasteiger partial charge >= 0.3 is 0 Å². The predicted molar refractivity (Wildman–Crippen MR) is 97.0 cm³/mol. The van der Waals surface area contributed by atoms with Crippen molar-refractivity contribution in [3.05, 3.63) is 0 Å². The summed E-state index contributed by atoms with van der Waals surface area (Å²) in [4.78, 5) is 0. The molecule has 2 rings (SSSR count). The Morgan fingerprint density at radius 2 is 0.545 bits per heavy atom. The number of rotatable bonds is 3. The Labute approximate surface area is 139 Å². The van der Waals surface area contributed by atoms with Crippen molar-refractivity contribution in [1.82, 2.24) is 10.9 Å². The van der Waals surface area contributed by atoms with E-state index in [2.05, 4.69) is 10.9 Å². The Hall–Kier alpha value is -0.0800. The van der Waals surface area contributed by atoms with E-state index in [4.69, 9.17) is 0 Å². The summed E-state index contributed by atoms with van der Waals surface area (Å²) in [6.07, 6.45) is 25.8. The van der Waals surface area contributed by atoms with E-state index in [9.17, 15) is 0 Å². The van der Waals surface area contributed by atoms with Crippen molar-refractivity contribution in [2.75, 3.05) is 0 Å². The van der Waals surface area contributed by atoms with Gasteiger partial charge in [-0.05, 0) is 25.7 Å². The zero-order chi connectivity index (χ0) is 15.3. The average Bonchev–Trinajstić information content (AvgIpc) is 2.62. The number of nitrogens with one attached hydrogen (secondary N) is 2. The summed E-state index contributed by atoms with van der Waals surface area (Å²) in [5.74, 6) is 0. The van der Waals surface area contributed by atoms with Crippen molar-refractivity contribution in [2.24, 2.45) is 0 Å². The van der Waals surface area contributed by atoms with Crippen molar-refractivity contribution in [1.29, 1.82) is 0 Å². The molecule has 0 atom stereocenters. The van der Waals surface area contributed by atoms with Gasteiger partial charge in [-0.25, -0.2) is 0 Å². The van der Waals surface area contributed by atoms with E-state index in [1.165, 1.54) is 116 Å². The third kappa shape index (κ3) is 8.53. The fourth-order valence-electron chi connectivity index (χ4n) is 4.14. The summed E-state index contributed by atoms with van der Waals surface area (Å²) in [7, 11) is 0. The largest absolute Gasteiger partial charge is 0.255 e. The fraction of sp³-hybridized carbons (Fsp3) is 1.00. The second-order valence-electron chi connectivity index (χ2n) is 7.79. The maximum absolute atomic E-state index is 3.75. The van der Waals surface area contributed by atoms with Gasteiger partial charge in [-0.3, -0.25) is 10.9 Å². The Kier molecular flexibility index (Phi) is 10.3. The summed E-state index contributed by atoms with van der Waals surface area (Å²) in [6, 6.07) is 1.43. The maximum atomic E-state index is 3.75. The van der Waals surface area contributed by atoms with Crippen molar-refractivity contribution in [2.45, 2.75) is 128 Å². The van der Waals surface area contributed by atoms with E-state index in [-0.39, 0.29) is 0 Å². The van der Waals surface area contributed by atoms with E-state index in [0.29, 0.717) is 6.04 Å². The lowest BCUT2D eigenvalue weighted by atomic mass is 10.0. The molecule has 2 heteroatoms. The van der Waals surface area contributed by atoms with Gasteiger partial charge in [0.25, 0.3) is 0 Å². The molecule has 0 unspecified atom stereocenters. The average molecular weight is 309 g/mol. The standard InChI is InChI=1S/C20H40N2/c1-2-4-8-12-16-19(15-11-7-3-1)21-22-20-17-13-9-5-6-10-14-18-20/h19-22H,1-18H2. The van der Waals surface area contributed by atoms with E-state index in [1.807, 2.05) is 0 Å². The highest BCUT2D eigenvalue weighted by atomic mass is 15.4. The van der Waals surface area contributed by atoms with Crippen LogP contribution in [0.25, 0.3) is 0 Å². The van der Waals surface area contributed by atoms with Gasteiger partial charge in [-0.1, -0.05) is 89.9 Å². The van der Waals surface area contributed by atoms with Gasteiger partial charge in [-0.15, -0.1) is 0 Å². The van der Waals surface area contributed by atoms with Crippen LogP contribution in [-0.2, 0) is 0 Å². The van der Waals surface area contributed by atoms with E-state index in [1.54, 1.807) is 0 Å². The predicted octanol–water partition coefficient (Wildman–Crippen LogP) is 5.87. The van der Waals surface area contributed by atoms with E-state index < -0.39 is 0 Å². The third-order valence-electron chi connectivity index (χ3n) is 5.70. The molecule has 0 aromatic heterocycles. The summed E-state index contributed by atoms with van der Waals surface area (Å²) >= 11 is 0. The van der Waals surface area contributed by atoms with Gasteiger partial charge in [0.15, 0.2) is 0 Å². The molecule has 0 saturated heterocycles. The molecule has 2 saturated carbocycles. The number of hydrogen-bond donors (Lipinski definition) is 2. The first-order valence-electron chi connectivity index (χ1n) is 10.5. The van der Waals surface area contributed by atoms with Crippen molar-refractivity contribution in [3.63, 3.8) is 0 Å². The molecule has 0 aliphatic heterocycles. The SMILES string of the molecule is C1CCCCCC(NNC2CCCCCCCC2)CCCC1. The molecule has 2 nitrogen and oxygen atoms in total. The van der Waals surface area contributed by atoms with Gasteiger partial charge < -0.3 is 0 Å². The Morgan fingerprint density at radius 3 is 0.818 bits per heavy atom. The third-order valence-corrected chi connectivity index (χ3v) is 5.70. The summed E-state index contributed by atoms with van der Waals surface area (Å²) < 4.78 is 0. The van der Waals surface area contributed by atoms with Gasteiger partial charge in [0.2, 0.25) is 0 Å². The molecule has 0 amide bonds. The first kappa shape index (κ1) is 18.3. The molecule has 2 N–H and O–H groups in total. The van der Waals surface area contributed by atoms with Crippen LogP contribution in [0.2, 0.25) is 0 Å². The molecule has 22 heavy (non-hydrogen) atoms. The minimum Gasteiger partial charge on any atom is -0.255 e. The van der Waals surface area contributed by atoms with Crippen LogP contribution in [0.15, 0.2) is 0 Å². The molecule has 2 fully saturated rings. The molecule has 0 aromatic rings. The lowest BCUT2D eigenvalue weighted by molar-refractivity contribution is 0.310. The van der Waals surface area contributed by atoms with Crippen molar-refractivity contribution >= 4 is 0 Å². The second kappa shape index (κ2) is 12.4. The molecule has 0 spiro atoms. The lowest BCUT2D eigenvalue weighted by Crippen LogP contribution is -2.46. The molecule has 130 valence electrons. The van der Waals surface area contributed by atoms with Crippen molar-refractivity contribution < 1.29 is 0 Å². The minimum atomic E-state index is 0.714. The maximum Gasteiger partial charge on any atom is 0.0213 e. The second-order valence-corrected chi connectivity index (χ2v) is 7.79. The topological polar surface area (TPSA) is 24.1 Å². The van der Waals surface area contributed by atoms with E-state index >= 15 is 0 Å². The molecule has 0 radical (unpaired) electrons. The molecule has 0 aromatic carbocycles. The number of hydrogen-bond acceptors (Lipinski definition) is 2. The van der Waals surface area contributed by atoms with Gasteiger partial charge in [0, 0.05) is 12.1 Å². The first-order chi connectivity index (χ1) is 10.9.